The van der Waals surface area contributed by atoms with Gasteiger partial charge in [-0.3, -0.25) is 9.59 Å². The van der Waals surface area contributed by atoms with Crippen LogP contribution in [0.15, 0.2) is 56.5 Å². The van der Waals surface area contributed by atoms with Gasteiger partial charge in [-0.15, -0.1) is 0 Å². The molecule has 0 fully saturated rings. The van der Waals surface area contributed by atoms with Gasteiger partial charge in [-0.1, -0.05) is 34.1 Å². The lowest BCUT2D eigenvalue weighted by atomic mass is 10.1. The van der Waals surface area contributed by atoms with Gasteiger partial charge in [0.25, 0.3) is 5.56 Å². The number of rotatable bonds is 0. The highest BCUT2D eigenvalue weighted by atomic mass is 79.9. The molecule has 1 N–H and O–H groups in total. The number of hydrogen-bond donors (Lipinski definition) is 1. The van der Waals surface area contributed by atoms with Crippen LogP contribution in [0.1, 0.15) is 0 Å². The van der Waals surface area contributed by atoms with E-state index in [9.17, 15) is 9.59 Å². The highest BCUT2D eigenvalue weighted by Crippen LogP contribution is 2.15. The van der Waals surface area contributed by atoms with E-state index >= 15 is 0 Å². The number of H-pyrrole nitrogens is 1. The van der Waals surface area contributed by atoms with E-state index in [0.29, 0.717) is 21.7 Å². The molecule has 0 atom stereocenters. The second-order valence-corrected chi connectivity index (χ2v) is 4.93. The van der Waals surface area contributed by atoms with Gasteiger partial charge in [0, 0.05) is 15.2 Å². The summed E-state index contributed by atoms with van der Waals surface area (Å²) >= 11 is 3.33. The molecule has 3 rings (SSSR count). The van der Waals surface area contributed by atoms with Crippen molar-refractivity contribution < 1.29 is 0 Å². The number of benzene rings is 2. The zero-order valence-electron chi connectivity index (χ0n) is 9.24. The smallest absolute Gasteiger partial charge is 0.256 e. The Bertz CT molecular complexity index is 884. The highest BCUT2D eigenvalue weighted by molar-refractivity contribution is 9.10. The zero-order valence-corrected chi connectivity index (χ0v) is 10.8. The van der Waals surface area contributed by atoms with Gasteiger partial charge in [-0.2, -0.15) is 0 Å². The summed E-state index contributed by atoms with van der Waals surface area (Å²) in [5.74, 6) is 0. The SMILES string of the molecule is O=c1[nH]c2ccc(Br)cc2c(=O)c2ccccc12. The molecule has 0 aliphatic carbocycles. The second-order valence-electron chi connectivity index (χ2n) is 4.02. The highest BCUT2D eigenvalue weighted by Gasteiger charge is 2.05. The predicted molar refractivity (Wildman–Crippen MR) is 76.0 cm³/mol. The van der Waals surface area contributed by atoms with Crippen LogP contribution in [0, 0.1) is 0 Å². The van der Waals surface area contributed by atoms with E-state index in [1.165, 1.54) is 0 Å². The minimum atomic E-state index is -0.250. The van der Waals surface area contributed by atoms with Crippen molar-refractivity contribution in [1.82, 2.24) is 4.98 Å². The minimum Gasteiger partial charge on any atom is -0.321 e. The van der Waals surface area contributed by atoms with Gasteiger partial charge in [0.2, 0.25) is 0 Å². The van der Waals surface area contributed by atoms with Gasteiger partial charge in [-0.05, 0) is 24.3 Å². The van der Waals surface area contributed by atoms with Crippen LogP contribution in [0.2, 0.25) is 0 Å². The molecule has 0 spiro atoms. The molecule has 0 saturated heterocycles. The molecule has 2 aromatic carbocycles. The largest absolute Gasteiger partial charge is 0.321 e. The van der Waals surface area contributed by atoms with E-state index in [2.05, 4.69) is 20.9 Å². The van der Waals surface area contributed by atoms with Crippen LogP contribution in [-0.4, -0.2) is 4.98 Å². The number of halogens is 1. The lowest BCUT2D eigenvalue weighted by Gasteiger charge is -1.92. The monoisotopic (exact) mass is 301 g/mol. The first kappa shape index (κ1) is 11.2. The minimum absolute atomic E-state index is 0.139. The quantitative estimate of drug-likeness (QED) is 0.694. The predicted octanol–water partition coefficient (Wildman–Crippen LogP) is 2.80. The lowest BCUT2D eigenvalue weighted by Crippen LogP contribution is -2.02. The lowest BCUT2D eigenvalue weighted by molar-refractivity contribution is 1.35. The third kappa shape index (κ3) is 1.66. The van der Waals surface area contributed by atoms with Crippen LogP contribution >= 0.6 is 15.9 Å². The first-order valence-corrected chi connectivity index (χ1v) is 6.21. The maximum absolute atomic E-state index is 12.4. The Morgan fingerprint density at radius 1 is 0.889 bits per heavy atom. The van der Waals surface area contributed by atoms with Crippen molar-refractivity contribution in [2.75, 3.05) is 0 Å². The summed E-state index contributed by atoms with van der Waals surface area (Å²) in [6.45, 7) is 0. The first-order valence-electron chi connectivity index (χ1n) is 5.41. The molecule has 0 unspecified atom stereocenters. The van der Waals surface area contributed by atoms with Crippen molar-refractivity contribution in [3.8, 4) is 0 Å². The Balaban J connectivity index is 2.75. The molecule has 1 aromatic heterocycles. The molecule has 0 aliphatic heterocycles. The van der Waals surface area contributed by atoms with E-state index < -0.39 is 0 Å². The van der Waals surface area contributed by atoms with Crippen molar-refractivity contribution >= 4 is 37.6 Å². The summed E-state index contributed by atoms with van der Waals surface area (Å²) < 4.78 is 0.809. The summed E-state index contributed by atoms with van der Waals surface area (Å²) in [5, 5.41) is 1.35. The van der Waals surface area contributed by atoms with Crippen LogP contribution in [0.5, 0.6) is 0 Å². The molecule has 0 saturated carbocycles. The molecule has 18 heavy (non-hydrogen) atoms. The second kappa shape index (κ2) is 4.07. The van der Waals surface area contributed by atoms with Crippen molar-refractivity contribution in [3.05, 3.63) is 67.5 Å². The molecule has 0 bridgehead atoms. The Morgan fingerprint density at radius 3 is 2.39 bits per heavy atom. The van der Waals surface area contributed by atoms with Crippen LogP contribution in [-0.2, 0) is 0 Å². The fraction of sp³-hybridized carbons (Fsp3) is 0. The topological polar surface area (TPSA) is 49.9 Å². The number of aromatic amines is 1. The molecule has 4 heteroatoms. The Labute approximate surface area is 110 Å². The van der Waals surface area contributed by atoms with Crippen LogP contribution in [0.3, 0.4) is 0 Å². The summed E-state index contributed by atoms with van der Waals surface area (Å²) in [4.78, 5) is 27.2. The van der Waals surface area contributed by atoms with E-state index in [1.54, 1.807) is 42.5 Å². The van der Waals surface area contributed by atoms with Crippen molar-refractivity contribution in [1.29, 1.82) is 0 Å². The molecule has 0 radical (unpaired) electrons. The third-order valence-electron chi connectivity index (χ3n) is 2.89. The van der Waals surface area contributed by atoms with Crippen molar-refractivity contribution in [2.45, 2.75) is 0 Å². The Hall–Kier alpha value is -1.94. The third-order valence-corrected chi connectivity index (χ3v) is 3.38. The average molecular weight is 302 g/mol. The number of aromatic nitrogens is 1. The fourth-order valence-corrected chi connectivity index (χ4v) is 2.39. The molecule has 88 valence electrons. The molecule has 0 aliphatic rings. The summed E-state index contributed by atoms with van der Waals surface area (Å²) in [7, 11) is 0. The van der Waals surface area contributed by atoms with Gasteiger partial charge < -0.3 is 4.98 Å². The molecule has 1 heterocycles. The number of nitrogens with one attached hydrogen (secondary N) is 1. The van der Waals surface area contributed by atoms with E-state index in [1.807, 2.05) is 0 Å². The van der Waals surface area contributed by atoms with Gasteiger partial charge >= 0.3 is 0 Å². The van der Waals surface area contributed by atoms with Crippen molar-refractivity contribution in [3.63, 3.8) is 0 Å². The molecule has 3 nitrogen and oxygen atoms in total. The van der Waals surface area contributed by atoms with E-state index in [4.69, 9.17) is 0 Å². The average Bonchev–Trinajstić information content (AvgIpc) is 2.48. The fourth-order valence-electron chi connectivity index (χ4n) is 2.03. The standard InChI is InChI=1S/C14H8BrNO2/c15-8-5-6-12-11(7-8)13(17)9-3-1-2-4-10(9)14(18)16-12/h1-7H,(H,16,18). The molecule has 3 aromatic rings. The first-order chi connectivity index (χ1) is 8.66. The summed E-state index contributed by atoms with van der Waals surface area (Å²) in [6.07, 6.45) is 0. The van der Waals surface area contributed by atoms with E-state index in [0.717, 1.165) is 4.47 Å². The molecular formula is C14H8BrNO2. The summed E-state index contributed by atoms with van der Waals surface area (Å²) in [5.41, 5.74) is 0.157. The van der Waals surface area contributed by atoms with Gasteiger partial charge in [0.15, 0.2) is 5.43 Å². The van der Waals surface area contributed by atoms with Crippen LogP contribution < -0.4 is 11.0 Å². The zero-order chi connectivity index (χ0) is 12.7. The van der Waals surface area contributed by atoms with Gasteiger partial charge in [-0.25, -0.2) is 0 Å². The Morgan fingerprint density at radius 2 is 1.61 bits per heavy atom. The maximum atomic E-state index is 12.4. The van der Waals surface area contributed by atoms with Crippen molar-refractivity contribution in [2.24, 2.45) is 0 Å². The van der Waals surface area contributed by atoms with Crippen LogP contribution in [0.4, 0.5) is 0 Å². The summed E-state index contributed by atoms with van der Waals surface area (Å²) in [6, 6.07) is 12.1. The number of fused-ring (bicyclic) bond motifs is 2. The van der Waals surface area contributed by atoms with E-state index in [-0.39, 0.29) is 11.0 Å². The normalized spacial score (nSPS) is 10.9. The van der Waals surface area contributed by atoms with Crippen LogP contribution in [0.25, 0.3) is 21.7 Å². The molecule has 0 amide bonds. The van der Waals surface area contributed by atoms with Gasteiger partial charge in [0.1, 0.15) is 0 Å². The maximum Gasteiger partial charge on any atom is 0.256 e. The Kier molecular flexibility index (Phi) is 2.52. The van der Waals surface area contributed by atoms with Gasteiger partial charge in [0.05, 0.1) is 10.9 Å². The molecular weight excluding hydrogens is 294 g/mol. The number of hydrogen-bond acceptors (Lipinski definition) is 2.